The van der Waals surface area contributed by atoms with Gasteiger partial charge < -0.3 is 0 Å². The van der Waals surface area contributed by atoms with Crippen LogP contribution in [0.15, 0.2) is 121 Å². The van der Waals surface area contributed by atoms with Crippen molar-refractivity contribution in [3.63, 3.8) is 0 Å². The molecular formula is C38H46Cl2NiP2. The van der Waals surface area contributed by atoms with Crippen molar-refractivity contribution in [3.05, 3.63) is 132 Å². The quantitative estimate of drug-likeness (QED) is 0.127. The predicted molar refractivity (Wildman–Crippen MR) is 192 cm³/mol. The predicted octanol–water partition coefficient (Wildman–Crippen LogP) is 12.0. The number of benzene rings is 4. The molecule has 4 aromatic carbocycles. The van der Waals surface area contributed by atoms with Gasteiger partial charge in [-0.15, -0.1) is 0 Å². The van der Waals surface area contributed by atoms with Gasteiger partial charge in [0.2, 0.25) is 0 Å². The van der Waals surface area contributed by atoms with Gasteiger partial charge in [-0.3, -0.25) is 0 Å². The molecule has 2 aliphatic carbocycles. The van der Waals surface area contributed by atoms with Crippen molar-refractivity contribution in [2.45, 2.75) is 87.9 Å². The van der Waals surface area contributed by atoms with Gasteiger partial charge in [0, 0.05) is 0 Å². The third-order valence-corrected chi connectivity index (χ3v) is 14.7. The van der Waals surface area contributed by atoms with Crippen LogP contribution in [0.1, 0.15) is 75.3 Å². The summed E-state index contributed by atoms with van der Waals surface area (Å²) in [5.74, 6) is 0. The number of halogens is 2. The Kier molecular flexibility index (Phi) is 16.8. The molecule has 0 heterocycles. The summed E-state index contributed by atoms with van der Waals surface area (Å²) >= 11 is 0.569. The van der Waals surface area contributed by atoms with Crippen molar-refractivity contribution in [2.75, 3.05) is 0 Å². The number of rotatable bonds is 8. The maximum atomic E-state index is 4.70. The van der Waals surface area contributed by atoms with Gasteiger partial charge in [0.15, 0.2) is 0 Å². The van der Waals surface area contributed by atoms with Crippen LogP contribution in [0.4, 0.5) is 0 Å². The minimum atomic E-state index is -0.0502. The molecule has 0 bridgehead atoms. The van der Waals surface area contributed by atoms with Gasteiger partial charge in [0.1, 0.15) is 0 Å². The van der Waals surface area contributed by atoms with E-state index in [4.69, 9.17) is 20.4 Å². The summed E-state index contributed by atoms with van der Waals surface area (Å²) in [5, 5.41) is 3.19. The molecule has 5 heteroatoms. The van der Waals surface area contributed by atoms with Gasteiger partial charge in [-0.25, -0.2) is 0 Å². The molecule has 2 unspecified atom stereocenters. The Hall–Kier alpha value is -1.19. The van der Waals surface area contributed by atoms with Crippen LogP contribution in [0.3, 0.4) is 0 Å². The largest absolute Gasteiger partial charge is 0.0677 e. The van der Waals surface area contributed by atoms with E-state index in [0.29, 0.717) is 12.7 Å². The van der Waals surface area contributed by atoms with E-state index in [-0.39, 0.29) is 15.8 Å². The Balaban J connectivity index is 0.000000181. The topological polar surface area (TPSA) is 0 Å². The van der Waals surface area contributed by atoms with Gasteiger partial charge >= 0.3 is 33.0 Å². The monoisotopic (exact) mass is 692 g/mol. The van der Waals surface area contributed by atoms with E-state index in [1.807, 2.05) is 0 Å². The standard InChI is InChI=1S/2C19H23P.2ClH.Ni/c2*1-4-10-17(11-5-1)16-20(18-12-6-2-7-13-18)19-14-8-3-9-15-19;;;/h2*1-2,4-7,10-13,19H,3,8-9,14-16H2;2*1H;/q;;;;+2/p-2. The van der Waals surface area contributed by atoms with Crippen molar-refractivity contribution in [3.8, 4) is 0 Å². The first kappa shape index (κ1) is 34.7. The van der Waals surface area contributed by atoms with Crippen LogP contribution in [0.5, 0.6) is 0 Å². The molecule has 0 N–H and O–H groups in total. The fourth-order valence-electron chi connectivity index (χ4n) is 6.45. The Labute approximate surface area is 278 Å². The van der Waals surface area contributed by atoms with Crippen molar-refractivity contribution < 1.29 is 12.7 Å². The first-order chi connectivity index (χ1) is 21.3. The molecule has 0 aromatic heterocycles. The van der Waals surface area contributed by atoms with Gasteiger partial charge in [-0.05, 0) is 71.1 Å². The molecule has 2 aliphatic rings. The van der Waals surface area contributed by atoms with Gasteiger partial charge in [-0.2, -0.15) is 0 Å². The minimum Gasteiger partial charge on any atom is -0.0677 e. The van der Waals surface area contributed by atoms with Crippen LogP contribution >= 0.6 is 36.2 Å². The molecule has 0 saturated heterocycles. The van der Waals surface area contributed by atoms with Crippen LogP contribution in [0, 0.1) is 0 Å². The SMILES string of the molecule is [Cl][Ni][Cl].c1ccc(CP(c2ccccc2)C2CCCCC2)cc1.c1ccc(CP(c2ccccc2)C2CCCCC2)cc1. The molecule has 0 radical (unpaired) electrons. The summed E-state index contributed by atoms with van der Waals surface area (Å²) in [5.41, 5.74) is 4.88. The van der Waals surface area contributed by atoms with Crippen LogP contribution in [0.25, 0.3) is 0 Å². The first-order valence-electron chi connectivity index (χ1n) is 15.8. The smallest absolute Gasteiger partial charge is 0.00303 e. The average molecular weight is 694 g/mol. The molecule has 2 saturated carbocycles. The Morgan fingerprint density at radius 1 is 0.442 bits per heavy atom. The molecule has 0 nitrogen and oxygen atoms in total. The van der Waals surface area contributed by atoms with Crippen molar-refractivity contribution in [2.24, 2.45) is 0 Å². The van der Waals surface area contributed by atoms with E-state index in [1.165, 1.54) is 87.7 Å². The molecule has 0 aliphatic heterocycles. The Morgan fingerprint density at radius 3 is 1.02 bits per heavy atom. The van der Waals surface area contributed by atoms with E-state index in [9.17, 15) is 0 Å². The zero-order valence-corrected chi connectivity index (χ0v) is 29.4. The van der Waals surface area contributed by atoms with E-state index in [1.54, 1.807) is 10.6 Å². The summed E-state index contributed by atoms with van der Waals surface area (Å²) in [6, 6.07) is 44.6. The maximum Gasteiger partial charge on any atom is -0.00303 e. The summed E-state index contributed by atoms with van der Waals surface area (Å²) in [7, 11) is 9.30. The second-order valence-corrected chi connectivity index (χ2v) is 18.2. The Bertz CT molecular complexity index is 1130. The number of hydrogen-bond acceptors (Lipinski definition) is 0. The fourth-order valence-corrected chi connectivity index (χ4v) is 12.5. The molecule has 0 amide bonds. The zero-order valence-electron chi connectivity index (χ0n) is 25.2. The summed E-state index contributed by atoms with van der Waals surface area (Å²) in [6.07, 6.45) is 16.9. The second-order valence-electron chi connectivity index (χ2n) is 11.5. The van der Waals surface area contributed by atoms with Gasteiger partial charge in [-0.1, -0.05) is 176 Å². The van der Waals surface area contributed by atoms with E-state index < -0.39 is 0 Å². The average Bonchev–Trinajstić information content (AvgIpc) is 3.09. The first-order valence-corrected chi connectivity index (χ1v) is 21.7. The zero-order chi connectivity index (χ0) is 30.0. The van der Waals surface area contributed by atoms with Crippen molar-refractivity contribution >= 4 is 46.8 Å². The molecule has 2 atom stereocenters. The van der Waals surface area contributed by atoms with Crippen molar-refractivity contribution in [1.82, 2.24) is 0 Å². The molecule has 6 rings (SSSR count). The molecular weight excluding hydrogens is 648 g/mol. The maximum absolute atomic E-state index is 4.70. The van der Waals surface area contributed by atoms with E-state index in [2.05, 4.69) is 121 Å². The molecule has 43 heavy (non-hydrogen) atoms. The molecule has 2 fully saturated rings. The number of hydrogen-bond donors (Lipinski definition) is 0. The van der Waals surface area contributed by atoms with Gasteiger partial charge in [0.25, 0.3) is 0 Å². The summed E-state index contributed by atoms with van der Waals surface area (Å²) in [6.45, 7) is 0. The van der Waals surface area contributed by atoms with Crippen LogP contribution in [-0.2, 0) is 25.0 Å². The summed E-state index contributed by atoms with van der Waals surface area (Å²) in [4.78, 5) is 0. The van der Waals surface area contributed by atoms with Crippen LogP contribution < -0.4 is 10.6 Å². The van der Waals surface area contributed by atoms with Gasteiger partial charge in [0.05, 0.1) is 0 Å². The Morgan fingerprint density at radius 2 is 0.721 bits per heavy atom. The van der Waals surface area contributed by atoms with Crippen LogP contribution in [0.2, 0.25) is 0 Å². The third-order valence-electron chi connectivity index (χ3n) is 8.60. The van der Waals surface area contributed by atoms with Crippen molar-refractivity contribution in [1.29, 1.82) is 0 Å². The van der Waals surface area contributed by atoms with Crippen LogP contribution in [-0.4, -0.2) is 11.3 Å². The second kappa shape index (κ2) is 20.8. The summed E-state index contributed by atoms with van der Waals surface area (Å²) < 4.78 is 0. The van der Waals surface area contributed by atoms with E-state index >= 15 is 0 Å². The molecule has 0 spiro atoms. The normalized spacial score (nSPS) is 17.1. The molecule has 4 aromatic rings. The fraction of sp³-hybridized carbons (Fsp3) is 0.368. The third kappa shape index (κ3) is 12.3. The minimum absolute atomic E-state index is 0.0502. The molecule has 232 valence electrons. The van der Waals surface area contributed by atoms with E-state index in [0.717, 1.165) is 11.3 Å².